The molecule has 1 saturated carbocycles. The number of carbonyl (C=O) groups excluding carboxylic acids is 2. The lowest BCUT2D eigenvalue weighted by atomic mass is 9.67. The zero-order valence-electron chi connectivity index (χ0n) is 18.2. The summed E-state index contributed by atoms with van der Waals surface area (Å²) in [7, 11) is 0. The zero-order valence-corrected chi connectivity index (χ0v) is 18.2. The molecule has 1 aliphatic carbocycles. The van der Waals surface area contributed by atoms with Crippen molar-refractivity contribution in [1.29, 1.82) is 0 Å². The maximum Gasteiger partial charge on any atom is 0.273 e. The van der Waals surface area contributed by atoms with Crippen molar-refractivity contribution >= 4 is 22.8 Å². The normalized spacial score (nSPS) is 19.3. The van der Waals surface area contributed by atoms with Crippen LogP contribution in [0.25, 0.3) is 11.0 Å². The molecule has 1 unspecified atom stereocenters. The number of hydrogen-bond acceptors (Lipinski definition) is 5. The first-order valence-corrected chi connectivity index (χ1v) is 10.9. The van der Waals surface area contributed by atoms with Gasteiger partial charge in [-0.3, -0.25) is 29.6 Å². The molecule has 1 saturated heterocycles. The van der Waals surface area contributed by atoms with Gasteiger partial charge in [0.2, 0.25) is 0 Å². The van der Waals surface area contributed by atoms with Crippen LogP contribution in [0, 0.1) is 19.3 Å². The number of carbonyl (C=O) groups is 2. The number of rotatable bonds is 4. The van der Waals surface area contributed by atoms with Crippen LogP contribution >= 0.6 is 0 Å². The van der Waals surface area contributed by atoms with Gasteiger partial charge in [0.1, 0.15) is 5.69 Å². The summed E-state index contributed by atoms with van der Waals surface area (Å²) in [6.07, 6.45) is 7.49. The Labute approximate surface area is 184 Å². The van der Waals surface area contributed by atoms with Crippen molar-refractivity contribution in [2.45, 2.75) is 45.6 Å². The largest absolute Gasteiger partial charge is 0.350 e. The maximum atomic E-state index is 13.5. The van der Waals surface area contributed by atoms with E-state index < -0.39 is 0 Å². The molecule has 3 N–H and O–H groups in total. The SMILES string of the molecule is Cc1cncc(C(=O)NCC2CC3(CCC3)CN2C(=O)c2cc(C)c3c(=O)[nH][nH]c3n2)c1. The molecule has 2 aliphatic rings. The second-order valence-electron chi connectivity index (χ2n) is 9.23. The van der Waals surface area contributed by atoms with E-state index in [2.05, 4.69) is 25.5 Å². The number of aryl methyl sites for hydroxylation is 2. The molecule has 2 fully saturated rings. The van der Waals surface area contributed by atoms with Crippen LogP contribution in [0.5, 0.6) is 0 Å². The molecular weight excluding hydrogens is 408 g/mol. The lowest BCUT2D eigenvalue weighted by Crippen LogP contribution is -2.43. The second-order valence-corrected chi connectivity index (χ2v) is 9.23. The minimum Gasteiger partial charge on any atom is -0.350 e. The van der Waals surface area contributed by atoms with Crippen molar-refractivity contribution in [3.05, 3.63) is 57.3 Å². The Hall–Kier alpha value is -3.49. The monoisotopic (exact) mass is 434 g/mol. The van der Waals surface area contributed by atoms with Gasteiger partial charge in [-0.2, -0.15) is 0 Å². The van der Waals surface area contributed by atoms with Gasteiger partial charge in [0.05, 0.1) is 17.0 Å². The van der Waals surface area contributed by atoms with Gasteiger partial charge in [0.15, 0.2) is 5.65 Å². The molecule has 9 heteroatoms. The van der Waals surface area contributed by atoms with Gasteiger partial charge in [0, 0.05) is 25.5 Å². The van der Waals surface area contributed by atoms with Crippen LogP contribution in [0.3, 0.4) is 0 Å². The average molecular weight is 435 g/mol. The first kappa shape index (κ1) is 20.4. The number of likely N-dealkylation sites (tertiary alicyclic amines) is 1. The lowest BCUT2D eigenvalue weighted by Gasteiger charge is -2.37. The molecule has 4 heterocycles. The number of amides is 2. The predicted molar refractivity (Wildman–Crippen MR) is 118 cm³/mol. The van der Waals surface area contributed by atoms with Gasteiger partial charge in [-0.15, -0.1) is 0 Å². The van der Waals surface area contributed by atoms with E-state index in [0.29, 0.717) is 40.9 Å². The fraction of sp³-hybridized carbons (Fsp3) is 0.435. The van der Waals surface area contributed by atoms with Crippen LogP contribution in [0.1, 0.15) is 57.7 Å². The van der Waals surface area contributed by atoms with E-state index in [9.17, 15) is 14.4 Å². The standard InChI is InChI=1S/C23H26N6O3/c1-13-6-15(10-24-9-13)20(30)25-11-16-8-23(4-3-5-23)12-29(16)22(32)17-7-14(2)18-19(26-17)27-28-21(18)31/h6-7,9-10,16H,3-5,8,11-12H2,1-2H3,(H,25,30)(H2,26,27,28,31). The first-order valence-electron chi connectivity index (χ1n) is 10.9. The molecular formula is C23H26N6O3. The highest BCUT2D eigenvalue weighted by Gasteiger charge is 2.49. The molecule has 166 valence electrons. The molecule has 0 aromatic carbocycles. The van der Waals surface area contributed by atoms with E-state index in [1.807, 2.05) is 11.8 Å². The summed E-state index contributed by atoms with van der Waals surface area (Å²) in [5.41, 5.74) is 2.72. The van der Waals surface area contributed by atoms with Gasteiger partial charge in [0.25, 0.3) is 17.4 Å². The van der Waals surface area contributed by atoms with E-state index in [1.54, 1.807) is 31.5 Å². The van der Waals surface area contributed by atoms with E-state index >= 15 is 0 Å². The van der Waals surface area contributed by atoms with E-state index in [1.165, 1.54) is 6.42 Å². The van der Waals surface area contributed by atoms with Crippen molar-refractivity contribution in [2.75, 3.05) is 13.1 Å². The number of H-pyrrole nitrogens is 2. The summed E-state index contributed by atoms with van der Waals surface area (Å²) < 4.78 is 0. The Bertz CT molecular complexity index is 1270. The Morgan fingerprint density at radius 1 is 1.22 bits per heavy atom. The molecule has 3 aromatic rings. The van der Waals surface area contributed by atoms with Crippen LogP contribution in [0.2, 0.25) is 0 Å². The summed E-state index contributed by atoms with van der Waals surface area (Å²) in [6, 6.07) is 3.37. The molecule has 2 amide bonds. The quantitative estimate of drug-likeness (QED) is 0.580. The number of aromatic amines is 2. The summed E-state index contributed by atoms with van der Waals surface area (Å²) in [5, 5.41) is 8.73. The maximum absolute atomic E-state index is 13.5. The number of fused-ring (bicyclic) bond motifs is 1. The van der Waals surface area contributed by atoms with Crippen LogP contribution in [0.15, 0.2) is 29.3 Å². The Morgan fingerprint density at radius 3 is 2.75 bits per heavy atom. The molecule has 9 nitrogen and oxygen atoms in total. The van der Waals surface area contributed by atoms with Crippen LogP contribution in [-0.2, 0) is 0 Å². The van der Waals surface area contributed by atoms with Gasteiger partial charge >= 0.3 is 0 Å². The summed E-state index contributed by atoms with van der Waals surface area (Å²) in [4.78, 5) is 48.4. The van der Waals surface area contributed by atoms with E-state index in [0.717, 1.165) is 24.8 Å². The number of nitrogens with zero attached hydrogens (tertiary/aromatic N) is 3. The van der Waals surface area contributed by atoms with Gasteiger partial charge in [-0.1, -0.05) is 6.42 Å². The van der Waals surface area contributed by atoms with Gasteiger partial charge < -0.3 is 10.2 Å². The van der Waals surface area contributed by atoms with E-state index in [4.69, 9.17) is 0 Å². The zero-order chi connectivity index (χ0) is 22.5. The fourth-order valence-electron chi connectivity index (χ4n) is 5.10. The van der Waals surface area contributed by atoms with Gasteiger partial charge in [-0.25, -0.2) is 4.98 Å². The third kappa shape index (κ3) is 3.47. The Kier molecular flexibility index (Phi) is 4.83. The number of nitrogens with one attached hydrogen (secondary N) is 3. The first-order chi connectivity index (χ1) is 15.3. The molecule has 1 aliphatic heterocycles. The van der Waals surface area contributed by atoms with E-state index in [-0.39, 0.29) is 28.8 Å². The third-order valence-corrected chi connectivity index (χ3v) is 6.88. The Morgan fingerprint density at radius 2 is 2.03 bits per heavy atom. The minimum atomic E-state index is -0.246. The lowest BCUT2D eigenvalue weighted by molar-refractivity contribution is 0.0681. The number of hydrogen-bond donors (Lipinski definition) is 3. The van der Waals surface area contributed by atoms with Crippen LogP contribution in [-0.4, -0.2) is 56.0 Å². The Balaban J connectivity index is 1.38. The number of pyridine rings is 2. The van der Waals surface area contributed by atoms with Gasteiger partial charge in [-0.05, 0) is 61.8 Å². The van der Waals surface area contributed by atoms with Crippen LogP contribution in [0.4, 0.5) is 0 Å². The summed E-state index contributed by atoms with van der Waals surface area (Å²) >= 11 is 0. The van der Waals surface area contributed by atoms with Crippen molar-refractivity contribution in [3.63, 3.8) is 0 Å². The predicted octanol–water partition coefficient (Wildman–Crippen LogP) is 2.08. The molecule has 0 radical (unpaired) electrons. The van der Waals surface area contributed by atoms with Crippen molar-refractivity contribution in [2.24, 2.45) is 5.41 Å². The summed E-state index contributed by atoms with van der Waals surface area (Å²) in [6.45, 7) is 4.74. The van der Waals surface area contributed by atoms with Crippen molar-refractivity contribution in [1.82, 2.24) is 30.4 Å². The molecule has 1 atom stereocenters. The third-order valence-electron chi connectivity index (χ3n) is 6.88. The average Bonchev–Trinajstić information content (AvgIpc) is 3.33. The topological polar surface area (TPSA) is 124 Å². The van der Waals surface area contributed by atoms with Crippen LogP contribution < -0.4 is 10.9 Å². The molecule has 5 rings (SSSR count). The second kappa shape index (κ2) is 7.58. The smallest absolute Gasteiger partial charge is 0.273 e. The molecule has 1 spiro atoms. The molecule has 0 bridgehead atoms. The van der Waals surface area contributed by atoms with Crippen molar-refractivity contribution < 1.29 is 9.59 Å². The highest BCUT2D eigenvalue weighted by molar-refractivity contribution is 5.96. The summed E-state index contributed by atoms with van der Waals surface area (Å²) in [5.74, 6) is -0.360. The fourth-order valence-corrected chi connectivity index (χ4v) is 5.10. The molecule has 32 heavy (non-hydrogen) atoms. The minimum absolute atomic E-state index is 0.104. The highest BCUT2D eigenvalue weighted by atomic mass is 16.2. The number of aromatic nitrogens is 4. The van der Waals surface area contributed by atoms with Crippen molar-refractivity contribution in [3.8, 4) is 0 Å². The highest BCUT2D eigenvalue weighted by Crippen LogP contribution is 2.50. The molecule has 3 aromatic heterocycles.